The third kappa shape index (κ3) is 2.88. The Morgan fingerprint density at radius 1 is 1.04 bits per heavy atom. The molecule has 8 nitrogen and oxygen atoms in total. The number of aliphatic hydroxyl groups excluding tert-OH is 1. The van der Waals surface area contributed by atoms with Gasteiger partial charge in [-0.25, -0.2) is 9.59 Å². The van der Waals surface area contributed by atoms with Gasteiger partial charge in [0.25, 0.3) is 0 Å². The van der Waals surface area contributed by atoms with Crippen molar-refractivity contribution in [1.82, 2.24) is 0 Å². The molecule has 0 radical (unpaired) electrons. The van der Waals surface area contributed by atoms with Crippen molar-refractivity contribution in [3.05, 3.63) is 42.0 Å². The number of carbonyl (C=O) groups is 2. The molecule has 0 amide bonds. The Bertz CT molecular complexity index is 837. The summed E-state index contributed by atoms with van der Waals surface area (Å²) in [7, 11) is 1.55. The molecule has 3 N–H and O–H groups in total. The minimum Gasteiger partial charge on any atom is -0.497 e. The first kappa shape index (κ1) is 18.1. The van der Waals surface area contributed by atoms with Gasteiger partial charge in [0.2, 0.25) is 5.79 Å². The summed E-state index contributed by atoms with van der Waals surface area (Å²) < 4.78 is 16.1. The van der Waals surface area contributed by atoms with Crippen molar-refractivity contribution in [2.75, 3.05) is 7.11 Å². The fourth-order valence-electron chi connectivity index (χ4n) is 3.03. The second-order valence-electron chi connectivity index (χ2n) is 6.02. The second kappa shape index (κ2) is 6.56. The summed E-state index contributed by atoms with van der Waals surface area (Å²) in [5, 5.41) is 30.4. The number of benzene rings is 2. The first-order valence-corrected chi connectivity index (χ1v) is 7.86. The van der Waals surface area contributed by atoms with Crippen LogP contribution in [-0.2, 0) is 24.8 Å². The van der Waals surface area contributed by atoms with E-state index in [2.05, 4.69) is 0 Å². The highest BCUT2D eigenvalue weighted by Gasteiger charge is 2.57. The van der Waals surface area contributed by atoms with Gasteiger partial charge in [-0.1, -0.05) is 18.2 Å². The van der Waals surface area contributed by atoms with Gasteiger partial charge in [-0.2, -0.15) is 0 Å². The van der Waals surface area contributed by atoms with Gasteiger partial charge in [-0.3, -0.25) is 0 Å². The Morgan fingerprint density at radius 3 is 2.08 bits per heavy atom. The van der Waals surface area contributed by atoms with Crippen LogP contribution in [0.1, 0.15) is 12.5 Å². The molecular weight excluding hydrogens is 344 g/mol. The largest absolute Gasteiger partial charge is 0.497 e. The molecule has 3 atom stereocenters. The molecule has 1 saturated heterocycles. The molecule has 0 saturated carbocycles. The van der Waals surface area contributed by atoms with E-state index in [1.165, 1.54) is 6.92 Å². The maximum absolute atomic E-state index is 11.4. The first-order valence-electron chi connectivity index (χ1n) is 7.86. The number of carboxylic acid groups (broad SMARTS) is 2. The summed E-state index contributed by atoms with van der Waals surface area (Å²) in [4.78, 5) is 22.8. The van der Waals surface area contributed by atoms with Crippen molar-refractivity contribution in [2.24, 2.45) is 0 Å². The van der Waals surface area contributed by atoms with Crippen molar-refractivity contribution in [3.8, 4) is 5.75 Å². The zero-order valence-corrected chi connectivity index (χ0v) is 14.1. The van der Waals surface area contributed by atoms with Gasteiger partial charge in [0.15, 0.2) is 12.2 Å². The number of hydrogen-bond acceptors (Lipinski definition) is 6. The predicted octanol–water partition coefficient (Wildman–Crippen LogP) is 1.34. The summed E-state index contributed by atoms with van der Waals surface area (Å²) in [6.45, 7) is 1.35. The van der Waals surface area contributed by atoms with Crippen molar-refractivity contribution < 1.29 is 39.1 Å². The van der Waals surface area contributed by atoms with Crippen molar-refractivity contribution in [1.29, 1.82) is 0 Å². The summed E-state index contributed by atoms with van der Waals surface area (Å²) >= 11 is 0. The van der Waals surface area contributed by atoms with E-state index < -0.39 is 36.0 Å². The van der Waals surface area contributed by atoms with Crippen molar-refractivity contribution in [2.45, 2.75) is 31.0 Å². The lowest BCUT2D eigenvalue weighted by Crippen LogP contribution is -2.40. The van der Waals surface area contributed by atoms with E-state index in [4.69, 9.17) is 14.2 Å². The molecule has 3 rings (SSSR count). The third-order valence-electron chi connectivity index (χ3n) is 4.37. The molecule has 0 bridgehead atoms. The first-order chi connectivity index (χ1) is 12.3. The van der Waals surface area contributed by atoms with Gasteiger partial charge >= 0.3 is 11.9 Å². The summed E-state index contributed by atoms with van der Waals surface area (Å²) in [6, 6.07) is 10.3. The fourth-order valence-corrected chi connectivity index (χ4v) is 3.03. The monoisotopic (exact) mass is 362 g/mol. The average molecular weight is 362 g/mol. The summed E-state index contributed by atoms with van der Waals surface area (Å²) in [5.41, 5.74) is 0.320. The number of aliphatic hydroxyl groups is 1. The number of aliphatic carboxylic acids is 2. The maximum Gasteiger partial charge on any atom is 0.336 e. The minimum absolute atomic E-state index is 0.320. The second-order valence-corrected chi connectivity index (χ2v) is 6.02. The van der Waals surface area contributed by atoms with Crippen LogP contribution >= 0.6 is 0 Å². The Labute approximate surface area is 148 Å². The lowest BCUT2D eigenvalue weighted by atomic mass is 9.97. The highest BCUT2D eigenvalue weighted by Crippen LogP contribution is 2.42. The molecule has 26 heavy (non-hydrogen) atoms. The van der Waals surface area contributed by atoms with Crippen LogP contribution in [0, 0.1) is 0 Å². The molecule has 1 fully saturated rings. The van der Waals surface area contributed by atoms with Crippen molar-refractivity contribution in [3.63, 3.8) is 0 Å². The molecule has 1 aliphatic heterocycles. The Morgan fingerprint density at radius 2 is 1.58 bits per heavy atom. The van der Waals surface area contributed by atoms with E-state index >= 15 is 0 Å². The highest BCUT2D eigenvalue weighted by molar-refractivity contribution is 5.86. The van der Waals surface area contributed by atoms with E-state index in [1.807, 2.05) is 6.07 Å². The van der Waals surface area contributed by atoms with E-state index in [-0.39, 0.29) is 0 Å². The Hall–Kier alpha value is -2.68. The van der Waals surface area contributed by atoms with Crippen LogP contribution in [0.3, 0.4) is 0 Å². The molecule has 138 valence electrons. The van der Waals surface area contributed by atoms with Crippen LogP contribution in [0.5, 0.6) is 5.75 Å². The normalized spacial score (nSPS) is 22.9. The van der Waals surface area contributed by atoms with Crippen LogP contribution in [0.2, 0.25) is 0 Å². The van der Waals surface area contributed by atoms with Gasteiger partial charge in [0, 0.05) is 5.56 Å². The minimum atomic E-state index is -1.90. The van der Waals surface area contributed by atoms with Gasteiger partial charge in [0.05, 0.1) is 7.11 Å². The van der Waals surface area contributed by atoms with Crippen LogP contribution in [0.25, 0.3) is 10.8 Å². The number of carboxylic acids is 2. The van der Waals surface area contributed by atoms with Crippen LogP contribution in [0.4, 0.5) is 0 Å². The molecule has 0 aromatic heterocycles. The number of hydrogen-bond donors (Lipinski definition) is 3. The molecule has 8 heteroatoms. The molecule has 0 aliphatic carbocycles. The number of rotatable bonds is 5. The zero-order valence-electron chi connectivity index (χ0n) is 14.1. The SMILES string of the molecule is COc1ccc2cc(C3(C(C)O)O[C@@H](C(=O)O)[C@H](C(=O)O)O3)ccc2c1. The third-order valence-corrected chi connectivity index (χ3v) is 4.37. The maximum atomic E-state index is 11.4. The van der Waals surface area contributed by atoms with Crippen LogP contribution in [0.15, 0.2) is 36.4 Å². The zero-order chi connectivity index (χ0) is 19.1. The Kier molecular flexibility index (Phi) is 4.57. The van der Waals surface area contributed by atoms with Gasteiger partial charge in [-0.15, -0.1) is 0 Å². The van der Waals surface area contributed by atoms with E-state index in [1.54, 1.807) is 37.4 Å². The molecule has 1 heterocycles. The molecule has 2 aromatic rings. The predicted molar refractivity (Wildman–Crippen MR) is 88.9 cm³/mol. The van der Waals surface area contributed by atoms with Gasteiger partial charge in [-0.05, 0) is 35.9 Å². The molecule has 1 unspecified atom stereocenters. The van der Waals surface area contributed by atoms with Gasteiger partial charge < -0.3 is 29.5 Å². The number of methoxy groups -OCH3 is 1. The highest BCUT2D eigenvalue weighted by atomic mass is 16.8. The quantitative estimate of drug-likeness (QED) is 0.728. The lowest BCUT2D eigenvalue weighted by Gasteiger charge is -2.31. The van der Waals surface area contributed by atoms with E-state index in [0.717, 1.165) is 10.8 Å². The van der Waals surface area contributed by atoms with Gasteiger partial charge in [0.1, 0.15) is 11.9 Å². The van der Waals surface area contributed by atoms with Crippen LogP contribution < -0.4 is 4.74 Å². The number of ether oxygens (including phenoxy) is 3. The topological polar surface area (TPSA) is 123 Å². The van der Waals surface area contributed by atoms with E-state index in [0.29, 0.717) is 11.3 Å². The Balaban J connectivity index is 2.09. The summed E-state index contributed by atoms with van der Waals surface area (Å²) in [5.74, 6) is -4.20. The smallest absolute Gasteiger partial charge is 0.336 e. The van der Waals surface area contributed by atoms with Crippen LogP contribution in [-0.4, -0.2) is 52.7 Å². The standard InChI is InChI=1S/C18H18O8/c1-9(19)18(25-14(16(20)21)15(26-18)17(22)23)12-5-3-11-8-13(24-2)6-4-10(11)7-12/h3-9,14-15,19H,1-2H3,(H,20,21)(H,22,23)/t9?,14-,15-/m1/s1. The molecular formula is C18H18O8. The summed E-state index contributed by atoms with van der Waals surface area (Å²) in [6.07, 6.45) is -4.80. The molecule has 2 aromatic carbocycles. The van der Waals surface area contributed by atoms with E-state index in [9.17, 15) is 24.9 Å². The lowest BCUT2D eigenvalue weighted by molar-refractivity contribution is -0.240. The average Bonchev–Trinajstić information content (AvgIpc) is 3.03. The fraction of sp³-hybridized carbons (Fsp3) is 0.333. The molecule has 0 spiro atoms. The van der Waals surface area contributed by atoms with Crippen molar-refractivity contribution >= 4 is 22.7 Å². The molecule has 1 aliphatic rings. The number of fused-ring (bicyclic) bond motifs is 1.